The van der Waals surface area contributed by atoms with Crippen LogP contribution in [-0.4, -0.2) is 63.7 Å². The average Bonchev–Trinajstić information content (AvgIpc) is 2.50. The van der Waals surface area contributed by atoms with Gasteiger partial charge in [0, 0.05) is 0 Å². The van der Waals surface area contributed by atoms with Gasteiger partial charge in [-0.1, -0.05) is 30.3 Å². The van der Waals surface area contributed by atoms with E-state index >= 15 is 0 Å². The summed E-state index contributed by atoms with van der Waals surface area (Å²) >= 11 is 0. The van der Waals surface area contributed by atoms with Crippen LogP contribution in [0.2, 0.25) is 0 Å². The number of ether oxygens (including phenoxy) is 1. The maximum Gasteiger partial charge on any atom is 0.139 e. The largest absolute Gasteiger partial charge is 0.498 e. The summed E-state index contributed by atoms with van der Waals surface area (Å²) in [6.07, 6.45) is -4.95. The van der Waals surface area contributed by atoms with E-state index in [0.29, 0.717) is 0 Å². The van der Waals surface area contributed by atoms with E-state index in [9.17, 15) is 20.4 Å². The molecule has 1 aromatic rings. The summed E-state index contributed by atoms with van der Waals surface area (Å²) in [6.45, 7) is -0.727. The van der Waals surface area contributed by atoms with Gasteiger partial charge in [-0.25, -0.2) is 0 Å². The van der Waals surface area contributed by atoms with Gasteiger partial charge in [-0.2, -0.15) is 0 Å². The van der Waals surface area contributed by atoms with Crippen molar-refractivity contribution in [3.05, 3.63) is 41.7 Å². The van der Waals surface area contributed by atoms with Gasteiger partial charge in [0.2, 0.25) is 0 Å². The van der Waals surface area contributed by atoms with Crippen molar-refractivity contribution >= 4 is 6.08 Å². The van der Waals surface area contributed by atoms with E-state index in [1.165, 1.54) is 13.2 Å². The summed E-state index contributed by atoms with van der Waals surface area (Å²) in [7, 11) is 1.32. The van der Waals surface area contributed by atoms with Crippen LogP contribution in [0.1, 0.15) is 5.56 Å². The highest BCUT2D eigenvalue weighted by atomic mass is 16.5. The van der Waals surface area contributed by atoms with Crippen LogP contribution in [0.25, 0.3) is 6.08 Å². The lowest BCUT2D eigenvalue weighted by molar-refractivity contribution is -0.114. The van der Waals surface area contributed by atoms with Crippen molar-refractivity contribution in [1.29, 1.82) is 0 Å². The quantitative estimate of drug-likeness (QED) is 0.415. The molecule has 0 heterocycles. The van der Waals surface area contributed by atoms with Crippen LogP contribution >= 0.6 is 0 Å². The Labute approximate surface area is 117 Å². The maximum absolute atomic E-state index is 9.96. The smallest absolute Gasteiger partial charge is 0.139 e. The van der Waals surface area contributed by atoms with Crippen LogP contribution in [0, 0.1) is 0 Å². The molecule has 0 radical (unpaired) electrons. The maximum atomic E-state index is 9.96. The number of rotatable bonds is 7. The summed E-state index contributed by atoms with van der Waals surface area (Å²) < 4.78 is 5.00. The number of hydrogen-bond acceptors (Lipinski definition) is 6. The molecule has 4 atom stereocenters. The van der Waals surface area contributed by atoms with Crippen molar-refractivity contribution < 1.29 is 30.3 Å². The van der Waals surface area contributed by atoms with E-state index in [0.717, 1.165) is 5.56 Å². The first-order valence-electron chi connectivity index (χ1n) is 6.15. The molecular weight excluding hydrogens is 264 g/mol. The van der Waals surface area contributed by atoms with Crippen molar-refractivity contribution in [2.75, 3.05) is 13.7 Å². The van der Waals surface area contributed by atoms with E-state index in [1.807, 2.05) is 6.07 Å². The summed E-state index contributed by atoms with van der Waals surface area (Å²) in [5.74, 6) is 0.0351. The first-order chi connectivity index (χ1) is 9.51. The Morgan fingerprint density at radius 3 is 2.20 bits per heavy atom. The lowest BCUT2D eigenvalue weighted by Gasteiger charge is -2.26. The second-order valence-electron chi connectivity index (χ2n) is 4.34. The van der Waals surface area contributed by atoms with Crippen LogP contribution in [0.4, 0.5) is 0 Å². The van der Waals surface area contributed by atoms with Gasteiger partial charge < -0.3 is 30.3 Å². The Kier molecular flexibility index (Phi) is 6.63. The molecule has 6 nitrogen and oxygen atoms in total. The average molecular weight is 284 g/mol. The van der Waals surface area contributed by atoms with E-state index < -0.39 is 31.0 Å². The molecule has 6 heteroatoms. The summed E-state index contributed by atoms with van der Waals surface area (Å²) in [6, 6.07) is 8.98. The highest BCUT2D eigenvalue weighted by Gasteiger charge is 2.32. The molecule has 0 saturated carbocycles. The normalized spacial score (nSPS) is 18.2. The lowest BCUT2D eigenvalue weighted by Crippen LogP contribution is -2.46. The number of aliphatic hydroxyl groups is 5. The van der Waals surface area contributed by atoms with Crippen LogP contribution in [0.3, 0.4) is 0 Å². The number of hydrogen-bond donors (Lipinski definition) is 5. The lowest BCUT2D eigenvalue weighted by atomic mass is 10.0. The van der Waals surface area contributed by atoms with Crippen molar-refractivity contribution in [2.45, 2.75) is 24.4 Å². The zero-order chi connectivity index (χ0) is 15.1. The van der Waals surface area contributed by atoms with E-state index in [2.05, 4.69) is 0 Å². The molecule has 20 heavy (non-hydrogen) atoms. The third kappa shape index (κ3) is 4.29. The fourth-order valence-electron chi connectivity index (χ4n) is 1.67. The van der Waals surface area contributed by atoms with Gasteiger partial charge in [0.15, 0.2) is 0 Å². The molecule has 0 aliphatic heterocycles. The van der Waals surface area contributed by atoms with Gasteiger partial charge in [-0.05, 0) is 11.6 Å². The standard InChI is InChI=1S/C14H20O6/c1-20-11(7-9-5-3-2-4-6-9)13(18)14(19)12(17)10(16)8-15/h2-7,10,12-19H,8H2,1H3/t10-,12-,13+,14+/m1/s1. The number of aliphatic hydroxyl groups excluding tert-OH is 5. The molecule has 5 N–H and O–H groups in total. The number of benzene rings is 1. The summed E-state index contributed by atoms with van der Waals surface area (Å²) in [5, 5.41) is 47.3. The zero-order valence-electron chi connectivity index (χ0n) is 11.1. The van der Waals surface area contributed by atoms with Gasteiger partial charge in [0.1, 0.15) is 30.2 Å². The first kappa shape index (κ1) is 16.6. The van der Waals surface area contributed by atoms with Crippen LogP contribution < -0.4 is 0 Å². The Morgan fingerprint density at radius 2 is 1.70 bits per heavy atom. The second-order valence-corrected chi connectivity index (χ2v) is 4.34. The molecular formula is C14H20O6. The Balaban J connectivity index is 2.86. The minimum atomic E-state index is -1.69. The fourth-order valence-corrected chi connectivity index (χ4v) is 1.67. The molecule has 0 saturated heterocycles. The Bertz CT molecular complexity index is 419. The third-order valence-corrected chi connectivity index (χ3v) is 2.89. The predicted octanol–water partition coefficient (Wildman–Crippen LogP) is -0.890. The molecule has 0 bridgehead atoms. The molecule has 0 aliphatic rings. The van der Waals surface area contributed by atoms with E-state index in [4.69, 9.17) is 9.84 Å². The molecule has 112 valence electrons. The van der Waals surface area contributed by atoms with Crippen molar-refractivity contribution in [1.82, 2.24) is 0 Å². The summed E-state index contributed by atoms with van der Waals surface area (Å²) in [4.78, 5) is 0. The predicted molar refractivity (Wildman–Crippen MR) is 72.5 cm³/mol. The molecule has 0 fully saturated rings. The van der Waals surface area contributed by atoms with Gasteiger partial charge in [-0.15, -0.1) is 0 Å². The van der Waals surface area contributed by atoms with Crippen molar-refractivity contribution in [3.63, 3.8) is 0 Å². The SMILES string of the molecule is COC(=Cc1ccccc1)[C@H](O)[C@@H](O)[C@H](O)[C@H](O)CO. The van der Waals surface area contributed by atoms with Crippen LogP contribution in [-0.2, 0) is 4.74 Å². The fraction of sp³-hybridized carbons (Fsp3) is 0.429. The van der Waals surface area contributed by atoms with Gasteiger partial charge in [0.25, 0.3) is 0 Å². The first-order valence-corrected chi connectivity index (χ1v) is 6.15. The van der Waals surface area contributed by atoms with Crippen molar-refractivity contribution in [2.24, 2.45) is 0 Å². The van der Waals surface area contributed by atoms with Gasteiger partial charge >= 0.3 is 0 Å². The monoisotopic (exact) mass is 284 g/mol. The van der Waals surface area contributed by atoms with E-state index in [-0.39, 0.29) is 5.76 Å². The minimum absolute atomic E-state index is 0.0351. The minimum Gasteiger partial charge on any atom is -0.498 e. The summed E-state index contributed by atoms with van der Waals surface area (Å²) in [5.41, 5.74) is 0.743. The second kappa shape index (κ2) is 7.98. The zero-order valence-corrected chi connectivity index (χ0v) is 11.1. The molecule has 0 aliphatic carbocycles. The highest BCUT2D eigenvalue weighted by Crippen LogP contribution is 2.16. The molecule has 0 spiro atoms. The molecule has 0 aromatic heterocycles. The Hall–Kier alpha value is -1.44. The number of methoxy groups -OCH3 is 1. The Morgan fingerprint density at radius 1 is 1.10 bits per heavy atom. The van der Waals surface area contributed by atoms with Crippen LogP contribution in [0.15, 0.2) is 36.1 Å². The third-order valence-electron chi connectivity index (χ3n) is 2.89. The molecule has 1 rings (SSSR count). The molecule has 0 unspecified atom stereocenters. The topological polar surface area (TPSA) is 110 Å². The van der Waals surface area contributed by atoms with Gasteiger partial charge in [-0.3, -0.25) is 0 Å². The van der Waals surface area contributed by atoms with Crippen LogP contribution in [0.5, 0.6) is 0 Å². The molecule has 1 aromatic carbocycles. The van der Waals surface area contributed by atoms with E-state index in [1.54, 1.807) is 24.3 Å². The molecule has 0 amide bonds. The van der Waals surface area contributed by atoms with Crippen molar-refractivity contribution in [3.8, 4) is 0 Å². The highest BCUT2D eigenvalue weighted by molar-refractivity contribution is 5.52. The van der Waals surface area contributed by atoms with Gasteiger partial charge in [0.05, 0.1) is 13.7 Å².